The molecule has 3 rings (SSSR count). The summed E-state index contributed by atoms with van der Waals surface area (Å²) in [7, 11) is 3.32. The first-order valence-electron chi connectivity index (χ1n) is 9.37. The van der Waals surface area contributed by atoms with Gasteiger partial charge in [0.05, 0.1) is 20.8 Å². The number of amides is 1. The molecule has 0 radical (unpaired) electrons. The summed E-state index contributed by atoms with van der Waals surface area (Å²) in [5, 5.41) is 3.05. The Kier molecular flexibility index (Phi) is 6.35. The summed E-state index contributed by atoms with van der Waals surface area (Å²) >= 11 is 0. The van der Waals surface area contributed by atoms with Crippen molar-refractivity contribution >= 4 is 5.91 Å². The Bertz CT molecular complexity index is 787. The van der Waals surface area contributed by atoms with Gasteiger partial charge < -0.3 is 14.8 Å². The quantitative estimate of drug-likeness (QED) is 0.738. The smallest absolute Gasteiger partial charge is 0.234 e. The van der Waals surface area contributed by atoms with E-state index in [0.717, 1.165) is 35.5 Å². The average Bonchev–Trinajstić information content (AvgIpc) is 3.52. The van der Waals surface area contributed by atoms with Gasteiger partial charge in [0.15, 0.2) is 0 Å². The van der Waals surface area contributed by atoms with E-state index in [-0.39, 0.29) is 5.91 Å². The average molecular weight is 368 g/mol. The summed E-state index contributed by atoms with van der Waals surface area (Å²) in [4.78, 5) is 14.8. The number of benzene rings is 2. The highest BCUT2D eigenvalue weighted by Gasteiger charge is 2.31. The SMILES string of the molecule is COc1ccc(OC)c(CN(CC(=O)NCc2ccccc2C)C2CC2)c1. The molecule has 2 aromatic carbocycles. The van der Waals surface area contributed by atoms with Crippen LogP contribution in [0, 0.1) is 6.92 Å². The highest BCUT2D eigenvalue weighted by atomic mass is 16.5. The molecule has 0 spiro atoms. The van der Waals surface area contributed by atoms with Crippen LogP contribution in [-0.2, 0) is 17.9 Å². The van der Waals surface area contributed by atoms with E-state index in [2.05, 4.69) is 29.3 Å². The lowest BCUT2D eigenvalue weighted by atomic mass is 10.1. The zero-order chi connectivity index (χ0) is 19.2. The van der Waals surface area contributed by atoms with Crippen LogP contribution in [0.15, 0.2) is 42.5 Å². The van der Waals surface area contributed by atoms with Crippen LogP contribution in [0.1, 0.15) is 29.5 Å². The fraction of sp³-hybridized carbons (Fsp3) is 0.409. The van der Waals surface area contributed by atoms with Crippen molar-refractivity contribution in [2.45, 2.75) is 38.9 Å². The van der Waals surface area contributed by atoms with E-state index in [4.69, 9.17) is 9.47 Å². The van der Waals surface area contributed by atoms with Gasteiger partial charge in [-0.2, -0.15) is 0 Å². The predicted octanol–water partition coefficient (Wildman–Crippen LogP) is 3.29. The minimum absolute atomic E-state index is 0.0482. The monoisotopic (exact) mass is 368 g/mol. The van der Waals surface area contributed by atoms with Gasteiger partial charge in [-0.25, -0.2) is 0 Å². The summed E-state index contributed by atoms with van der Waals surface area (Å²) < 4.78 is 10.8. The summed E-state index contributed by atoms with van der Waals surface area (Å²) in [6.45, 7) is 3.68. The zero-order valence-electron chi connectivity index (χ0n) is 16.3. The number of aryl methyl sites for hydroxylation is 1. The summed E-state index contributed by atoms with van der Waals surface area (Å²) in [5.41, 5.74) is 3.38. The van der Waals surface area contributed by atoms with E-state index >= 15 is 0 Å². The van der Waals surface area contributed by atoms with E-state index in [1.165, 1.54) is 5.56 Å². The van der Waals surface area contributed by atoms with E-state index in [1.54, 1.807) is 14.2 Å². The molecule has 1 amide bonds. The molecule has 0 unspecified atom stereocenters. The minimum atomic E-state index is 0.0482. The molecular formula is C22H28N2O3. The van der Waals surface area contributed by atoms with E-state index < -0.39 is 0 Å². The number of carbonyl (C=O) groups excluding carboxylic acids is 1. The molecule has 1 aliphatic rings. The molecule has 2 aromatic rings. The van der Waals surface area contributed by atoms with E-state index in [9.17, 15) is 4.79 Å². The van der Waals surface area contributed by atoms with Crippen molar-refractivity contribution in [1.29, 1.82) is 0 Å². The Hall–Kier alpha value is -2.53. The number of hydrogen-bond acceptors (Lipinski definition) is 4. The van der Waals surface area contributed by atoms with Crippen LogP contribution in [0.25, 0.3) is 0 Å². The third-order valence-corrected chi connectivity index (χ3v) is 5.01. The maximum atomic E-state index is 12.5. The maximum absolute atomic E-state index is 12.5. The molecule has 0 aromatic heterocycles. The molecule has 1 aliphatic carbocycles. The van der Waals surface area contributed by atoms with Crippen LogP contribution in [0.2, 0.25) is 0 Å². The van der Waals surface area contributed by atoms with E-state index in [1.807, 2.05) is 30.3 Å². The first-order valence-corrected chi connectivity index (χ1v) is 9.37. The lowest BCUT2D eigenvalue weighted by molar-refractivity contribution is -0.122. The Balaban J connectivity index is 1.63. The highest BCUT2D eigenvalue weighted by molar-refractivity contribution is 5.78. The Labute approximate surface area is 161 Å². The Morgan fingerprint density at radius 2 is 1.89 bits per heavy atom. The standard InChI is InChI=1S/C22H28N2O3/c1-16-6-4-5-7-17(16)13-23-22(25)15-24(19-8-9-19)14-18-12-20(26-2)10-11-21(18)27-3/h4-7,10-12,19H,8-9,13-15H2,1-3H3,(H,23,25). The van der Waals surface area contributed by atoms with Crippen LogP contribution in [0.5, 0.6) is 11.5 Å². The summed E-state index contributed by atoms with van der Waals surface area (Å²) in [5.74, 6) is 1.67. The van der Waals surface area contributed by atoms with Gasteiger partial charge in [0.1, 0.15) is 11.5 Å². The molecule has 1 fully saturated rings. The molecule has 27 heavy (non-hydrogen) atoms. The molecule has 5 nitrogen and oxygen atoms in total. The highest BCUT2D eigenvalue weighted by Crippen LogP contribution is 2.31. The number of nitrogens with one attached hydrogen (secondary N) is 1. The van der Waals surface area contributed by atoms with Crippen LogP contribution < -0.4 is 14.8 Å². The lowest BCUT2D eigenvalue weighted by Gasteiger charge is -2.23. The van der Waals surface area contributed by atoms with Gasteiger partial charge >= 0.3 is 0 Å². The summed E-state index contributed by atoms with van der Waals surface area (Å²) in [6.07, 6.45) is 2.27. The van der Waals surface area contributed by atoms with Gasteiger partial charge in [-0.3, -0.25) is 9.69 Å². The molecular weight excluding hydrogens is 340 g/mol. The van der Waals surface area contributed by atoms with Gasteiger partial charge in [0, 0.05) is 24.7 Å². The lowest BCUT2D eigenvalue weighted by Crippen LogP contribution is -2.38. The first-order chi connectivity index (χ1) is 13.1. The van der Waals surface area contributed by atoms with Crippen LogP contribution in [0.4, 0.5) is 0 Å². The van der Waals surface area contributed by atoms with Crippen LogP contribution >= 0.6 is 0 Å². The van der Waals surface area contributed by atoms with Crippen molar-refractivity contribution < 1.29 is 14.3 Å². The number of methoxy groups -OCH3 is 2. The van der Waals surface area contributed by atoms with Crippen LogP contribution in [-0.4, -0.2) is 37.6 Å². The number of ether oxygens (including phenoxy) is 2. The van der Waals surface area contributed by atoms with Gasteiger partial charge in [0.25, 0.3) is 0 Å². The molecule has 0 saturated heterocycles. The molecule has 1 saturated carbocycles. The normalized spacial score (nSPS) is 13.5. The fourth-order valence-electron chi connectivity index (χ4n) is 3.22. The second-order valence-corrected chi connectivity index (χ2v) is 7.02. The fourth-order valence-corrected chi connectivity index (χ4v) is 3.22. The van der Waals surface area contributed by atoms with Crippen molar-refractivity contribution in [1.82, 2.24) is 10.2 Å². The minimum Gasteiger partial charge on any atom is -0.497 e. The second-order valence-electron chi connectivity index (χ2n) is 7.02. The molecule has 1 N–H and O–H groups in total. The second kappa shape index (κ2) is 8.91. The third kappa shape index (κ3) is 5.23. The van der Waals surface area contributed by atoms with Crippen LogP contribution in [0.3, 0.4) is 0 Å². The molecule has 0 heterocycles. The van der Waals surface area contributed by atoms with Gasteiger partial charge in [-0.1, -0.05) is 24.3 Å². The third-order valence-electron chi connectivity index (χ3n) is 5.01. The molecule has 144 valence electrons. The number of rotatable bonds is 9. The summed E-state index contributed by atoms with van der Waals surface area (Å²) in [6, 6.07) is 14.4. The van der Waals surface area contributed by atoms with Crippen molar-refractivity contribution in [3.8, 4) is 11.5 Å². The van der Waals surface area contributed by atoms with Gasteiger partial charge in [0.2, 0.25) is 5.91 Å². The molecule has 0 bridgehead atoms. The molecule has 0 aliphatic heterocycles. The Morgan fingerprint density at radius 3 is 2.56 bits per heavy atom. The largest absolute Gasteiger partial charge is 0.497 e. The van der Waals surface area contributed by atoms with Crippen molar-refractivity contribution in [3.05, 3.63) is 59.2 Å². The van der Waals surface area contributed by atoms with Crippen molar-refractivity contribution in [2.75, 3.05) is 20.8 Å². The molecule has 0 atom stereocenters. The number of hydrogen-bond donors (Lipinski definition) is 1. The predicted molar refractivity (Wildman–Crippen MR) is 106 cm³/mol. The zero-order valence-corrected chi connectivity index (χ0v) is 16.3. The van der Waals surface area contributed by atoms with E-state index in [0.29, 0.717) is 25.7 Å². The maximum Gasteiger partial charge on any atom is 0.234 e. The topological polar surface area (TPSA) is 50.8 Å². The van der Waals surface area contributed by atoms with Crippen molar-refractivity contribution in [3.63, 3.8) is 0 Å². The number of carbonyl (C=O) groups is 1. The number of nitrogens with zero attached hydrogens (tertiary/aromatic N) is 1. The molecule has 5 heteroatoms. The van der Waals surface area contributed by atoms with Crippen molar-refractivity contribution in [2.24, 2.45) is 0 Å². The van der Waals surface area contributed by atoms with Gasteiger partial charge in [-0.05, 0) is 49.1 Å². The Morgan fingerprint density at radius 1 is 1.11 bits per heavy atom. The first kappa shape index (κ1) is 19.2. The van der Waals surface area contributed by atoms with Gasteiger partial charge in [-0.15, -0.1) is 0 Å².